The van der Waals surface area contributed by atoms with Gasteiger partial charge in [-0.25, -0.2) is 0 Å². The molecule has 4 atom stereocenters. The van der Waals surface area contributed by atoms with E-state index in [9.17, 15) is 18.0 Å². The largest absolute Gasteiger partial charge is 0.522 e. The van der Waals surface area contributed by atoms with Crippen molar-refractivity contribution in [3.8, 4) is 5.75 Å². The number of ether oxygens (including phenoxy) is 3. The van der Waals surface area contributed by atoms with E-state index in [1.807, 2.05) is 38.8 Å². The van der Waals surface area contributed by atoms with E-state index >= 15 is 0 Å². The third kappa shape index (κ3) is 12.1. The fraction of sp³-hybridized carbons (Fsp3) is 0.714. The molecule has 0 spiro atoms. The van der Waals surface area contributed by atoms with Crippen molar-refractivity contribution in [1.82, 2.24) is 10.6 Å². The number of aldehydes is 1. The number of rotatable bonds is 6. The van der Waals surface area contributed by atoms with E-state index < -0.39 is 12.5 Å². The van der Waals surface area contributed by atoms with Gasteiger partial charge in [0, 0.05) is 29.9 Å². The minimum Gasteiger partial charge on any atom is -0.493 e. The fourth-order valence-electron chi connectivity index (χ4n) is 5.43. The summed E-state index contributed by atoms with van der Waals surface area (Å²) in [5.41, 5.74) is 1.24. The van der Waals surface area contributed by atoms with E-state index in [1.165, 1.54) is 24.8 Å². The van der Waals surface area contributed by atoms with Crippen LogP contribution in [0.3, 0.4) is 0 Å². The molecule has 0 aromatic heterocycles. The molecule has 224 valence electrons. The van der Waals surface area contributed by atoms with Gasteiger partial charge in [0.25, 0.3) is 0 Å². The van der Waals surface area contributed by atoms with E-state index in [0.717, 1.165) is 54.1 Å². The van der Waals surface area contributed by atoms with Crippen molar-refractivity contribution in [1.29, 1.82) is 0 Å². The number of halogens is 4. The predicted octanol–water partition coefficient (Wildman–Crippen LogP) is 5.37. The van der Waals surface area contributed by atoms with Gasteiger partial charge in [0.15, 0.2) is 0 Å². The van der Waals surface area contributed by atoms with Crippen LogP contribution in [0.1, 0.15) is 57.9 Å². The Balaban J connectivity index is 0.000000275. The number of carbonyl (C=O) groups is 2. The summed E-state index contributed by atoms with van der Waals surface area (Å²) in [5, 5.41) is 7.62. The number of fused-ring (bicyclic) bond motifs is 3. The summed E-state index contributed by atoms with van der Waals surface area (Å²) >= 11 is 5.82. The Morgan fingerprint density at radius 1 is 1.03 bits per heavy atom. The third-order valence-corrected chi connectivity index (χ3v) is 7.46. The highest BCUT2D eigenvalue weighted by Crippen LogP contribution is 2.44. The molecule has 3 saturated carbocycles. The number of nitrogens with one attached hydrogen (secondary N) is 2. The lowest BCUT2D eigenvalue weighted by atomic mass is 9.91. The summed E-state index contributed by atoms with van der Waals surface area (Å²) in [6, 6.07) is 7.44. The molecule has 1 aromatic rings. The summed E-state index contributed by atoms with van der Waals surface area (Å²) in [5.74, 6) is 2.92. The Kier molecular flexibility index (Phi) is 16.8. The molecule has 4 aliphatic rings. The second-order valence-corrected chi connectivity index (χ2v) is 9.94. The van der Waals surface area contributed by atoms with Crippen LogP contribution in [0.5, 0.6) is 5.75 Å². The van der Waals surface area contributed by atoms with Crippen LogP contribution in [0.2, 0.25) is 5.02 Å². The van der Waals surface area contributed by atoms with Crippen LogP contribution in [0.15, 0.2) is 18.2 Å². The maximum atomic E-state index is 11.6. The molecule has 11 heteroatoms. The van der Waals surface area contributed by atoms with E-state index in [0.29, 0.717) is 6.29 Å². The Morgan fingerprint density at radius 2 is 1.62 bits per heavy atom. The molecular formula is C28H44ClF3N2O5. The van der Waals surface area contributed by atoms with Gasteiger partial charge in [-0.3, -0.25) is 4.74 Å². The molecule has 2 N–H and O–H groups in total. The van der Waals surface area contributed by atoms with Crippen LogP contribution in [-0.2, 0) is 25.5 Å². The fourth-order valence-corrected chi connectivity index (χ4v) is 5.62. The van der Waals surface area contributed by atoms with Crippen molar-refractivity contribution >= 4 is 24.7 Å². The van der Waals surface area contributed by atoms with Crippen molar-refractivity contribution in [2.75, 3.05) is 27.3 Å². The van der Waals surface area contributed by atoms with Crippen LogP contribution < -0.4 is 15.4 Å². The lowest BCUT2D eigenvalue weighted by molar-refractivity contribution is -0.356. The number of hydrogen-bond acceptors (Lipinski definition) is 7. The molecule has 3 fully saturated rings. The van der Waals surface area contributed by atoms with Crippen LogP contribution in [0, 0.1) is 11.8 Å². The van der Waals surface area contributed by atoms with E-state index in [1.54, 1.807) is 0 Å². The zero-order valence-electron chi connectivity index (χ0n) is 23.4. The first-order valence-corrected chi connectivity index (χ1v) is 13.9. The maximum absolute atomic E-state index is 11.6. The number of carbonyl (C=O) groups excluding carboxylic acids is 2. The zero-order chi connectivity index (χ0) is 29.4. The molecule has 1 aromatic carbocycles. The monoisotopic (exact) mass is 580 g/mol. The normalized spacial score (nSPS) is 27.7. The molecule has 0 radical (unpaired) electrons. The Labute approximate surface area is 235 Å². The summed E-state index contributed by atoms with van der Waals surface area (Å²) in [6.07, 6.45) is 1.77. The molecule has 5 rings (SSSR count). The van der Waals surface area contributed by atoms with Crippen molar-refractivity contribution in [3.05, 3.63) is 28.8 Å². The van der Waals surface area contributed by atoms with Gasteiger partial charge in [-0.2, -0.15) is 0 Å². The van der Waals surface area contributed by atoms with Gasteiger partial charge in [-0.15, -0.1) is 13.2 Å². The van der Waals surface area contributed by atoms with Gasteiger partial charge < -0.3 is 29.7 Å². The average molecular weight is 581 g/mol. The summed E-state index contributed by atoms with van der Waals surface area (Å²) in [6.45, 7) is 6.78. The lowest BCUT2D eigenvalue weighted by Gasteiger charge is -2.34. The SMILES string of the molecule is C=O.CC.CNC1CC2CC1CC2NC.Clc1ccc2c(c1)CCCO2.O=CCOC1CC(OC(F)(F)F)C1. The molecule has 4 unspecified atom stereocenters. The highest BCUT2D eigenvalue weighted by atomic mass is 35.5. The minimum atomic E-state index is -4.57. The van der Waals surface area contributed by atoms with Gasteiger partial charge in [0.1, 0.15) is 25.4 Å². The molecule has 39 heavy (non-hydrogen) atoms. The van der Waals surface area contributed by atoms with Crippen molar-refractivity contribution in [3.63, 3.8) is 0 Å². The van der Waals surface area contributed by atoms with Crippen molar-refractivity contribution < 1.29 is 37.0 Å². The van der Waals surface area contributed by atoms with Crippen LogP contribution in [0.25, 0.3) is 0 Å². The first-order chi connectivity index (χ1) is 18.7. The molecule has 2 bridgehead atoms. The lowest BCUT2D eigenvalue weighted by Crippen LogP contribution is -2.40. The second kappa shape index (κ2) is 18.6. The zero-order valence-corrected chi connectivity index (χ0v) is 24.2. The molecule has 0 amide bonds. The quantitative estimate of drug-likeness (QED) is 0.438. The number of aryl methyl sites for hydroxylation is 1. The van der Waals surface area contributed by atoms with Gasteiger partial charge in [-0.05, 0) is 81.8 Å². The van der Waals surface area contributed by atoms with Gasteiger partial charge >= 0.3 is 6.36 Å². The highest BCUT2D eigenvalue weighted by molar-refractivity contribution is 6.30. The topological polar surface area (TPSA) is 85.9 Å². The van der Waals surface area contributed by atoms with Crippen molar-refractivity contribution in [2.45, 2.75) is 89.4 Å². The Hall–Kier alpha value is -1.72. The molecule has 0 saturated heterocycles. The van der Waals surface area contributed by atoms with Crippen LogP contribution in [0.4, 0.5) is 13.2 Å². The van der Waals surface area contributed by atoms with Crippen LogP contribution >= 0.6 is 11.6 Å². The number of benzene rings is 1. The molecule has 3 aliphatic carbocycles. The summed E-state index contributed by atoms with van der Waals surface area (Å²) in [7, 11) is 4.19. The second-order valence-electron chi connectivity index (χ2n) is 9.50. The van der Waals surface area contributed by atoms with Crippen molar-refractivity contribution in [2.24, 2.45) is 11.8 Å². The van der Waals surface area contributed by atoms with Gasteiger partial charge in [0.05, 0.1) is 18.8 Å². The molecular weight excluding hydrogens is 537 g/mol. The first-order valence-electron chi connectivity index (χ1n) is 13.6. The third-order valence-electron chi connectivity index (χ3n) is 7.22. The highest BCUT2D eigenvalue weighted by Gasteiger charge is 2.44. The molecule has 1 heterocycles. The predicted molar refractivity (Wildman–Crippen MR) is 146 cm³/mol. The maximum Gasteiger partial charge on any atom is 0.522 e. The minimum absolute atomic E-state index is 0.0661. The molecule has 7 nitrogen and oxygen atoms in total. The summed E-state index contributed by atoms with van der Waals surface area (Å²) in [4.78, 5) is 17.8. The van der Waals surface area contributed by atoms with Gasteiger partial charge in [-0.1, -0.05) is 25.4 Å². The smallest absolute Gasteiger partial charge is 0.493 e. The van der Waals surface area contributed by atoms with Gasteiger partial charge in [0.2, 0.25) is 0 Å². The van der Waals surface area contributed by atoms with E-state index in [2.05, 4.69) is 29.5 Å². The van der Waals surface area contributed by atoms with E-state index in [4.69, 9.17) is 25.9 Å². The average Bonchev–Trinajstić information content (AvgIpc) is 3.53. The van der Waals surface area contributed by atoms with E-state index in [-0.39, 0.29) is 25.6 Å². The Bertz CT molecular complexity index is 811. The summed E-state index contributed by atoms with van der Waals surface area (Å²) < 4.78 is 48.8. The Morgan fingerprint density at radius 3 is 2.10 bits per heavy atom. The standard InChI is InChI=1S/C9H9ClO.C9H18N2.C7H9F3O3.C2H6.CH2O/c10-8-3-4-9-7(6-8)2-1-5-11-9;1-10-8-4-7-3-6(8)5-9(7)11-2;8-7(9,10)13-6-3-5(4-6)12-2-1-11;2*1-2/h3-4,6H,1-2,5H2;6-11H,3-5H2,1-2H3;1,5-6H,2-4H2;1-2H3;1H2. The van der Waals surface area contributed by atoms with Crippen LogP contribution in [-0.4, -0.2) is 71.0 Å². The molecule has 1 aliphatic heterocycles. The number of alkyl halides is 3. The number of hydrogen-bond donors (Lipinski definition) is 2. The first kappa shape index (κ1) is 35.3.